The van der Waals surface area contributed by atoms with E-state index < -0.39 is 0 Å². The van der Waals surface area contributed by atoms with E-state index in [9.17, 15) is 10.1 Å². The maximum atomic E-state index is 10.1. The molecule has 0 spiro atoms. The average molecular weight is 176 g/mol. The predicted molar refractivity (Wildman–Crippen MR) is 46.7 cm³/mol. The van der Waals surface area contributed by atoms with Crippen molar-refractivity contribution in [3.8, 4) is 6.07 Å². The van der Waals surface area contributed by atoms with Crippen molar-refractivity contribution in [2.24, 2.45) is 0 Å². The van der Waals surface area contributed by atoms with Crippen molar-refractivity contribution >= 4 is 0 Å². The Labute approximate surface area is 75.6 Å². The Morgan fingerprint density at radius 2 is 2.31 bits per heavy atom. The minimum atomic E-state index is -0.362. The molecule has 0 aliphatic heterocycles. The van der Waals surface area contributed by atoms with Crippen molar-refractivity contribution in [1.29, 1.82) is 5.26 Å². The first-order valence-corrected chi connectivity index (χ1v) is 3.83. The third-order valence-electron chi connectivity index (χ3n) is 1.64. The van der Waals surface area contributed by atoms with Gasteiger partial charge in [0.05, 0.1) is 11.6 Å². The summed E-state index contributed by atoms with van der Waals surface area (Å²) in [6, 6.07) is 8.84. The van der Waals surface area contributed by atoms with E-state index in [4.69, 9.17) is 5.26 Å². The van der Waals surface area contributed by atoms with Crippen LogP contribution in [0.4, 0.5) is 0 Å². The number of hydrogen-bond acceptors (Lipinski definition) is 3. The molecule has 0 atom stereocenters. The van der Waals surface area contributed by atoms with Gasteiger partial charge < -0.3 is 0 Å². The van der Waals surface area contributed by atoms with Crippen molar-refractivity contribution in [3.63, 3.8) is 0 Å². The van der Waals surface area contributed by atoms with E-state index in [0.717, 1.165) is 5.56 Å². The van der Waals surface area contributed by atoms with Gasteiger partial charge in [-0.3, -0.25) is 10.1 Å². The molecule has 0 aromatic heterocycles. The molecule has 0 amide bonds. The summed E-state index contributed by atoms with van der Waals surface area (Å²) >= 11 is 0. The number of nitro groups is 1. The number of nitriles is 1. The second-order valence-corrected chi connectivity index (χ2v) is 2.62. The number of nitrogens with zero attached hydrogens (tertiary/aromatic N) is 2. The predicted octanol–water partition coefficient (Wildman–Crippen LogP) is 1.38. The van der Waals surface area contributed by atoms with Gasteiger partial charge in [0.25, 0.3) is 0 Å². The van der Waals surface area contributed by atoms with Crippen molar-refractivity contribution in [2.75, 3.05) is 6.54 Å². The molecule has 0 saturated carbocycles. The van der Waals surface area contributed by atoms with E-state index in [-0.39, 0.29) is 11.5 Å². The van der Waals surface area contributed by atoms with Crippen LogP contribution in [0, 0.1) is 21.4 Å². The summed E-state index contributed by atoms with van der Waals surface area (Å²) in [5.74, 6) is 0. The van der Waals surface area contributed by atoms with Gasteiger partial charge in [-0.25, -0.2) is 0 Å². The lowest BCUT2D eigenvalue weighted by molar-refractivity contribution is -0.479. The fourth-order valence-corrected chi connectivity index (χ4v) is 1.02. The minimum Gasteiger partial charge on any atom is -0.265 e. The highest BCUT2D eigenvalue weighted by Crippen LogP contribution is 2.04. The molecule has 0 fully saturated rings. The molecule has 0 unspecified atom stereocenters. The Hall–Kier alpha value is -1.89. The SMILES string of the molecule is N#Cc1cccc(CC[N+](=O)[O-])c1. The molecule has 0 aliphatic carbocycles. The summed E-state index contributed by atoms with van der Waals surface area (Å²) < 4.78 is 0. The van der Waals surface area contributed by atoms with Crippen LogP contribution in [0.25, 0.3) is 0 Å². The third-order valence-corrected chi connectivity index (χ3v) is 1.64. The second-order valence-electron chi connectivity index (χ2n) is 2.62. The normalized spacial score (nSPS) is 9.15. The molecule has 13 heavy (non-hydrogen) atoms. The molecule has 0 radical (unpaired) electrons. The fraction of sp³-hybridized carbons (Fsp3) is 0.222. The highest BCUT2D eigenvalue weighted by atomic mass is 16.6. The molecule has 66 valence electrons. The van der Waals surface area contributed by atoms with Crippen LogP contribution >= 0.6 is 0 Å². The largest absolute Gasteiger partial charge is 0.265 e. The van der Waals surface area contributed by atoms with Crippen molar-refractivity contribution in [1.82, 2.24) is 0 Å². The van der Waals surface area contributed by atoms with E-state index in [1.807, 2.05) is 6.07 Å². The van der Waals surface area contributed by atoms with Gasteiger partial charge in [-0.15, -0.1) is 0 Å². The summed E-state index contributed by atoms with van der Waals surface area (Å²) in [6.45, 7) is -0.0884. The van der Waals surface area contributed by atoms with Crippen LogP contribution in [0.1, 0.15) is 11.1 Å². The Kier molecular flexibility index (Phi) is 2.98. The van der Waals surface area contributed by atoms with Gasteiger partial charge in [0, 0.05) is 11.3 Å². The molecule has 1 aromatic rings. The van der Waals surface area contributed by atoms with E-state index in [1.165, 1.54) is 0 Å². The topological polar surface area (TPSA) is 66.9 Å². The van der Waals surface area contributed by atoms with Crippen molar-refractivity contribution < 1.29 is 4.92 Å². The Bertz CT molecular complexity index is 355. The van der Waals surface area contributed by atoms with Gasteiger partial charge in [-0.05, 0) is 17.7 Å². The van der Waals surface area contributed by atoms with Gasteiger partial charge in [-0.2, -0.15) is 5.26 Å². The van der Waals surface area contributed by atoms with Crippen LogP contribution < -0.4 is 0 Å². The van der Waals surface area contributed by atoms with Gasteiger partial charge in [-0.1, -0.05) is 12.1 Å². The highest BCUT2D eigenvalue weighted by Gasteiger charge is 2.00. The first kappa shape index (κ1) is 9.20. The maximum Gasteiger partial charge on any atom is 0.207 e. The zero-order valence-corrected chi connectivity index (χ0v) is 6.93. The first-order valence-electron chi connectivity index (χ1n) is 3.83. The molecule has 1 rings (SSSR count). The maximum absolute atomic E-state index is 10.1. The quantitative estimate of drug-likeness (QED) is 0.516. The summed E-state index contributed by atoms with van der Waals surface area (Å²) in [5.41, 5.74) is 1.37. The van der Waals surface area contributed by atoms with Gasteiger partial charge in [0.2, 0.25) is 6.54 Å². The molecule has 4 nitrogen and oxygen atoms in total. The van der Waals surface area contributed by atoms with Crippen LogP contribution in [0.3, 0.4) is 0 Å². The number of benzene rings is 1. The Morgan fingerprint density at radius 1 is 1.54 bits per heavy atom. The monoisotopic (exact) mass is 176 g/mol. The molecular weight excluding hydrogens is 168 g/mol. The molecular formula is C9H8N2O2. The van der Waals surface area contributed by atoms with Gasteiger partial charge in [0.1, 0.15) is 0 Å². The zero-order chi connectivity index (χ0) is 9.68. The van der Waals surface area contributed by atoms with E-state index in [1.54, 1.807) is 24.3 Å². The molecule has 4 heteroatoms. The standard InChI is InChI=1S/C9H8N2O2/c10-7-9-3-1-2-8(6-9)4-5-11(12)13/h1-3,6H,4-5H2. The number of hydrogen-bond donors (Lipinski definition) is 0. The fourth-order valence-electron chi connectivity index (χ4n) is 1.02. The Balaban J connectivity index is 2.68. The van der Waals surface area contributed by atoms with E-state index >= 15 is 0 Å². The zero-order valence-electron chi connectivity index (χ0n) is 6.93. The lowest BCUT2D eigenvalue weighted by atomic mass is 10.1. The van der Waals surface area contributed by atoms with Crippen LogP contribution in [0.15, 0.2) is 24.3 Å². The summed E-state index contributed by atoms with van der Waals surface area (Å²) in [4.78, 5) is 9.71. The second kappa shape index (κ2) is 4.21. The third kappa shape index (κ3) is 2.91. The molecule has 0 aliphatic rings. The first-order chi connectivity index (χ1) is 6.22. The number of rotatable bonds is 3. The molecule has 0 saturated heterocycles. The average Bonchev–Trinajstić information content (AvgIpc) is 2.15. The van der Waals surface area contributed by atoms with Crippen molar-refractivity contribution in [2.45, 2.75) is 6.42 Å². The van der Waals surface area contributed by atoms with Crippen molar-refractivity contribution in [3.05, 3.63) is 45.5 Å². The van der Waals surface area contributed by atoms with E-state index in [0.29, 0.717) is 12.0 Å². The molecule has 0 bridgehead atoms. The van der Waals surface area contributed by atoms with Crippen LogP contribution in [-0.2, 0) is 6.42 Å². The van der Waals surface area contributed by atoms with Crippen LogP contribution in [0.2, 0.25) is 0 Å². The minimum absolute atomic E-state index is 0.0884. The van der Waals surface area contributed by atoms with Gasteiger partial charge in [0.15, 0.2) is 0 Å². The van der Waals surface area contributed by atoms with Crippen LogP contribution in [-0.4, -0.2) is 11.5 Å². The van der Waals surface area contributed by atoms with Gasteiger partial charge >= 0.3 is 0 Å². The molecule has 0 N–H and O–H groups in total. The highest BCUT2D eigenvalue weighted by molar-refractivity contribution is 5.32. The van der Waals surface area contributed by atoms with Crippen LogP contribution in [0.5, 0.6) is 0 Å². The van der Waals surface area contributed by atoms with E-state index in [2.05, 4.69) is 0 Å². The summed E-state index contributed by atoms with van der Waals surface area (Å²) in [5, 5.41) is 18.6. The summed E-state index contributed by atoms with van der Waals surface area (Å²) in [7, 11) is 0. The lowest BCUT2D eigenvalue weighted by Gasteiger charge is -1.96. The summed E-state index contributed by atoms with van der Waals surface area (Å²) in [6.07, 6.45) is 0.377. The smallest absolute Gasteiger partial charge is 0.207 e. The lowest BCUT2D eigenvalue weighted by Crippen LogP contribution is -2.03. The molecule has 0 heterocycles. The molecule has 1 aromatic carbocycles. The Morgan fingerprint density at radius 3 is 2.92 bits per heavy atom.